The number of nitrogens with one attached hydrogen (secondary N) is 1. The maximum atomic E-state index is 11.2. The van der Waals surface area contributed by atoms with Crippen molar-refractivity contribution in [3.05, 3.63) is 29.8 Å². The average Bonchev–Trinajstić information content (AvgIpc) is 2.37. The van der Waals surface area contributed by atoms with Crippen LogP contribution in [0.4, 0.5) is 0 Å². The summed E-state index contributed by atoms with van der Waals surface area (Å²) in [6.07, 6.45) is 0. The zero-order valence-electron chi connectivity index (χ0n) is 11.3. The molecule has 0 saturated carbocycles. The SMILES string of the molecule is CC(C)(N)CSCCOc1ccc(C(=O)NN)cc1. The van der Waals surface area contributed by atoms with E-state index in [0.29, 0.717) is 12.2 Å². The summed E-state index contributed by atoms with van der Waals surface area (Å²) < 4.78 is 5.56. The lowest BCUT2D eigenvalue weighted by atomic mass is 10.1. The average molecular weight is 283 g/mol. The molecule has 0 bridgehead atoms. The standard InChI is InChI=1S/C13H21N3O2S/c1-13(2,14)9-19-8-7-18-11-5-3-10(4-6-11)12(17)16-15/h3-6H,7-9,14-15H2,1-2H3,(H,16,17). The van der Waals surface area contributed by atoms with Gasteiger partial charge >= 0.3 is 0 Å². The number of ether oxygens (including phenoxy) is 1. The third kappa shape index (κ3) is 6.47. The minimum atomic E-state index is -0.313. The normalized spacial score (nSPS) is 11.2. The summed E-state index contributed by atoms with van der Waals surface area (Å²) in [5, 5.41) is 0. The molecule has 0 aromatic heterocycles. The molecule has 106 valence electrons. The molecule has 0 fully saturated rings. The van der Waals surface area contributed by atoms with Crippen LogP contribution in [0.5, 0.6) is 5.75 Å². The summed E-state index contributed by atoms with van der Waals surface area (Å²) in [5.74, 6) is 7.25. The molecular formula is C13H21N3O2S. The van der Waals surface area contributed by atoms with Gasteiger partial charge in [-0.3, -0.25) is 10.2 Å². The Hall–Kier alpha value is -1.24. The molecule has 5 N–H and O–H groups in total. The second kappa shape index (κ2) is 7.37. The predicted octanol–water partition coefficient (Wildman–Crippen LogP) is 1.14. The number of amides is 1. The first-order chi connectivity index (χ1) is 8.92. The van der Waals surface area contributed by atoms with Crippen LogP contribution >= 0.6 is 11.8 Å². The van der Waals surface area contributed by atoms with Crippen LogP contribution in [0.1, 0.15) is 24.2 Å². The zero-order valence-corrected chi connectivity index (χ0v) is 12.1. The van der Waals surface area contributed by atoms with Gasteiger partial charge in [-0.05, 0) is 38.1 Å². The van der Waals surface area contributed by atoms with Crippen LogP contribution < -0.4 is 21.7 Å². The van der Waals surface area contributed by atoms with Gasteiger partial charge < -0.3 is 10.5 Å². The van der Waals surface area contributed by atoms with Gasteiger partial charge in [-0.15, -0.1) is 0 Å². The lowest BCUT2D eigenvalue weighted by molar-refractivity contribution is 0.0953. The van der Waals surface area contributed by atoms with Crippen LogP contribution in [0.2, 0.25) is 0 Å². The number of carbonyl (C=O) groups is 1. The fourth-order valence-electron chi connectivity index (χ4n) is 1.34. The van der Waals surface area contributed by atoms with Crippen molar-refractivity contribution in [3.8, 4) is 5.75 Å². The summed E-state index contributed by atoms with van der Waals surface area (Å²) in [6.45, 7) is 4.62. The molecule has 5 nitrogen and oxygen atoms in total. The molecule has 0 unspecified atom stereocenters. The second-order valence-electron chi connectivity index (χ2n) is 4.89. The molecule has 6 heteroatoms. The quantitative estimate of drug-likeness (QED) is 0.302. The fourth-order valence-corrected chi connectivity index (χ4v) is 2.21. The van der Waals surface area contributed by atoms with Gasteiger partial charge in [0.15, 0.2) is 0 Å². The Kier molecular flexibility index (Phi) is 6.14. The first kappa shape index (κ1) is 15.8. The van der Waals surface area contributed by atoms with Crippen molar-refractivity contribution in [1.82, 2.24) is 5.43 Å². The van der Waals surface area contributed by atoms with Gasteiger partial charge in [-0.2, -0.15) is 11.8 Å². The van der Waals surface area contributed by atoms with Crippen molar-refractivity contribution >= 4 is 17.7 Å². The molecule has 1 aromatic carbocycles. The van der Waals surface area contributed by atoms with E-state index in [-0.39, 0.29) is 11.4 Å². The van der Waals surface area contributed by atoms with Crippen LogP contribution in [0.15, 0.2) is 24.3 Å². The van der Waals surface area contributed by atoms with Crippen molar-refractivity contribution in [2.75, 3.05) is 18.1 Å². The lowest BCUT2D eigenvalue weighted by Crippen LogP contribution is -2.34. The summed E-state index contributed by atoms with van der Waals surface area (Å²) in [6, 6.07) is 6.85. The second-order valence-corrected chi connectivity index (χ2v) is 5.99. The van der Waals surface area contributed by atoms with E-state index in [1.54, 1.807) is 36.0 Å². The Morgan fingerprint density at radius 3 is 2.53 bits per heavy atom. The smallest absolute Gasteiger partial charge is 0.265 e. The number of hydrogen-bond donors (Lipinski definition) is 3. The number of nitrogen functional groups attached to an aromatic ring is 1. The Morgan fingerprint density at radius 1 is 1.37 bits per heavy atom. The molecule has 19 heavy (non-hydrogen) atoms. The molecule has 1 rings (SSSR count). The summed E-state index contributed by atoms with van der Waals surface area (Å²) >= 11 is 1.76. The number of thioether (sulfide) groups is 1. The van der Waals surface area contributed by atoms with Crippen LogP contribution in [-0.4, -0.2) is 29.6 Å². The topological polar surface area (TPSA) is 90.4 Å². The molecular weight excluding hydrogens is 262 g/mol. The van der Waals surface area contributed by atoms with Gasteiger partial charge in [-0.25, -0.2) is 5.84 Å². The number of hydrogen-bond acceptors (Lipinski definition) is 5. The van der Waals surface area contributed by atoms with Crippen molar-refractivity contribution in [1.29, 1.82) is 0 Å². The van der Waals surface area contributed by atoms with Crippen molar-refractivity contribution in [3.63, 3.8) is 0 Å². The minimum Gasteiger partial charge on any atom is -0.493 e. The highest BCUT2D eigenvalue weighted by Gasteiger charge is 2.09. The highest BCUT2D eigenvalue weighted by Crippen LogP contribution is 2.14. The van der Waals surface area contributed by atoms with E-state index in [1.165, 1.54) is 0 Å². The molecule has 0 aliphatic carbocycles. The Balaban J connectivity index is 2.29. The van der Waals surface area contributed by atoms with E-state index in [4.69, 9.17) is 16.3 Å². The third-order valence-corrected chi connectivity index (χ3v) is 3.62. The molecule has 0 heterocycles. The maximum absolute atomic E-state index is 11.2. The molecule has 0 spiro atoms. The Bertz CT molecular complexity index is 401. The lowest BCUT2D eigenvalue weighted by Gasteiger charge is -2.17. The van der Waals surface area contributed by atoms with Crippen molar-refractivity contribution in [2.24, 2.45) is 11.6 Å². The van der Waals surface area contributed by atoms with Gasteiger partial charge in [0.05, 0.1) is 6.61 Å². The van der Waals surface area contributed by atoms with E-state index in [1.807, 2.05) is 13.8 Å². The van der Waals surface area contributed by atoms with Crippen LogP contribution in [0.3, 0.4) is 0 Å². The molecule has 1 amide bonds. The van der Waals surface area contributed by atoms with Crippen LogP contribution in [-0.2, 0) is 0 Å². The predicted molar refractivity (Wildman–Crippen MR) is 79.2 cm³/mol. The minimum absolute atomic E-state index is 0.151. The van der Waals surface area contributed by atoms with Crippen molar-refractivity contribution in [2.45, 2.75) is 19.4 Å². The van der Waals surface area contributed by atoms with E-state index >= 15 is 0 Å². The van der Waals surface area contributed by atoms with Gasteiger partial charge in [0.2, 0.25) is 0 Å². The fraction of sp³-hybridized carbons (Fsp3) is 0.462. The molecule has 0 radical (unpaired) electrons. The number of hydrazine groups is 1. The van der Waals surface area contributed by atoms with Gasteiger partial charge in [-0.1, -0.05) is 0 Å². The molecule has 0 atom stereocenters. The van der Waals surface area contributed by atoms with E-state index in [9.17, 15) is 4.79 Å². The van der Waals surface area contributed by atoms with Crippen LogP contribution in [0.25, 0.3) is 0 Å². The number of benzene rings is 1. The number of rotatable bonds is 7. The van der Waals surface area contributed by atoms with Gasteiger partial charge in [0.25, 0.3) is 5.91 Å². The molecule has 1 aromatic rings. The maximum Gasteiger partial charge on any atom is 0.265 e. The summed E-state index contributed by atoms with van der Waals surface area (Å²) in [5.41, 5.74) is 8.31. The first-order valence-electron chi connectivity index (χ1n) is 6.03. The Morgan fingerprint density at radius 2 is 2.00 bits per heavy atom. The van der Waals surface area contributed by atoms with E-state index < -0.39 is 0 Å². The Labute approximate surface area is 118 Å². The highest BCUT2D eigenvalue weighted by atomic mass is 32.2. The highest BCUT2D eigenvalue weighted by molar-refractivity contribution is 7.99. The van der Waals surface area contributed by atoms with Crippen LogP contribution in [0, 0.1) is 0 Å². The largest absolute Gasteiger partial charge is 0.493 e. The molecule has 0 saturated heterocycles. The first-order valence-corrected chi connectivity index (χ1v) is 7.18. The van der Waals surface area contributed by atoms with E-state index in [0.717, 1.165) is 17.3 Å². The van der Waals surface area contributed by atoms with Crippen molar-refractivity contribution < 1.29 is 9.53 Å². The van der Waals surface area contributed by atoms with Gasteiger partial charge in [0, 0.05) is 22.6 Å². The summed E-state index contributed by atoms with van der Waals surface area (Å²) in [4.78, 5) is 11.2. The zero-order chi connectivity index (χ0) is 14.3. The summed E-state index contributed by atoms with van der Waals surface area (Å²) in [7, 11) is 0. The number of nitrogens with two attached hydrogens (primary N) is 2. The molecule has 0 aliphatic heterocycles. The monoisotopic (exact) mass is 283 g/mol. The van der Waals surface area contributed by atoms with Gasteiger partial charge in [0.1, 0.15) is 5.75 Å². The molecule has 0 aliphatic rings. The van der Waals surface area contributed by atoms with E-state index in [2.05, 4.69) is 5.43 Å². The number of carbonyl (C=O) groups excluding carboxylic acids is 1. The third-order valence-electron chi connectivity index (χ3n) is 2.22.